The molecule has 0 aromatic carbocycles. The Balaban J connectivity index is 4.81. The van der Waals surface area contributed by atoms with Gasteiger partial charge in [-0.2, -0.15) is 12.6 Å². The van der Waals surface area contributed by atoms with Crippen LogP contribution in [0, 0.1) is 0 Å². The van der Waals surface area contributed by atoms with E-state index in [4.69, 9.17) is 15.9 Å². The molecule has 13 nitrogen and oxygen atoms in total. The monoisotopic (exact) mass is 407 g/mol. The molecule has 0 aliphatic rings. The summed E-state index contributed by atoms with van der Waals surface area (Å²) in [7, 11) is 0. The number of carboxylic acids is 2. The van der Waals surface area contributed by atoms with E-state index in [0.717, 1.165) is 0 Å². The summed E-state index contributed by atoms with van der Waals surface area (Å²) in [6, 6.07) is -4.29. The fraction of sp³-hybridized carbons (Fsp3) is 0.538. The molecule has 0 spiro atoms. The van der Waals surface area contributed by atoms with Gasteiger partial charge in [0.2, 0.25) is 24.1 Å². The van der Waals surface area contributed by atoms with E-state index in [1.54, 1.807) is 0 Å². The fourth-order valence-corrected chi connectivity index (χ4v) is 1.88. The summed E-state index contributed by atoms with van der Waals surface area (Å²) in [5, 5.41) is 26.2. The Hall–Kier alpha value is -2.87. The van der Waals surface area contributed by atoms with Gasteiger partial charge in [-0.15, -0.1) is 0 Å². The molecule has 4 amide bonds. The summed E-state index contributed by atoms with van der Waals surface area (Å²) in [5.74, 6) is -5.67. The first kappa shape index (κ1) is 24.1. The van der Waals surface area contributed by atoms with Crippen molar-refractivity contribution in [1.82, 2.24) is 21.3 Å². The first-order valence-corrected chi connectivity index (χ1v) is 8.11. The third kappa shape index (κ3) is 10.0. The number of nitrogens with one attached hydrogen (secondary N) is 4. The summed E-state index contributed by atoms with van der Waals surface area (Å²) >= 11 is 3.76. The number of aliphatic carboxylic acids is 2. The zero-order chi connectivity index (χ0) is 21.0. The van der Waals surface area contributed by atoms with Crippen LogP contribution in [-0.4, -0.2) is 83.3 Å². The van der Waals surface area contributed by atoms with Gasteiger partial charge >= 0.3 is 11.9 Å². The lowest BCUT2D eigenvalue weighted by molar-refractivity contribution is -0.143. The maximum Gasteiger partial charge on any atom is 0.327 e. The van der Waals surface area contributed by atoms with E-state index in [1.165, 1.54) is 0 Å². The predicted molar refractivity (Wildman–Crippen MR) is 92.7 cm³/mol. The first-order chi connectivity index (χ1) is 12.6. The number of carbonyl (C=O) groups is 6. The largest absolute Gasteiger partial charge is 0.481 e. The quantitative estimate of drug-likeness (QED) is 0.109. The summed E-state index contributed by atoms with van der Waals surface area (Å²) < 4.78 is 0. The average molecular weight is 407 g/mol. The number of hydrogen-bond acceptors (Lipinski definition) is 8. The molecule has 27 heavy (non-hydrogen) atoms. The van der Waals surface area contributed by atoms with Gasteiger partial charge in [-0.25, -0.2) is 4.79 Å². The zero-order valence-corrected chi connectivity index (χ0v) is 14.9. The van der Waals surface area contributed by atoms with E-state index in [1.807, 2.05) is 5.32 Å². The van der Waals surface area contributed by atoms with Gasteiger partial charge in [-0.05, 0) is 0 Å². The first-order valence-electron chi connectivity index (χ1n) is 7.47. The summed E-state index contributed by atoms with van der Waals surface area (Å²) in [4.78, 5) is 67.2. The number of thiol groups is 1. The van der Waals surface area contributed by atoms with Gasteiger partial charge in [0.05, 0.1) is 13.0 Å². The van der Waals surface area contributed by atoms with E-state index in [2.05, 4.69) is 28.6 Å². The molecule has 0 rings (SSSR count). The molecule has 0 aliphatic carbocycles. The fourth-order valence-electron chi connectivity index (χ4n) is 1.63. The Bertz CT molecular complexity index is 587. The zero-order valence-electron chi connectivity index (χ0n) is 14.0. The highest BCUT2D eigenvalue weighted by molar-refractivity contribution is 7.80. The lowest BCUT2D eigenvalue weighted by Crippen LogP contribution is -2.57. The van der Waals surface area contributed by atoms with Crippen molar-refractivity contribution < 1.29 is 39.0 Å². The second-order valence-electron chi connectivity index (χ2n) is 5.15. The Labute approximate surface area is 158 Å². The number of amides is 4. The third-order valence-corrected chi connectivity index (χ3v) is 3.38. The lowest BCUT2D eigenvalue weighted by atomic mass is 10.1. The molecule has 0 radical (unpaired) electrons. The van der Waals surface area contributed by atoms with E-state index >= 15 is 0 Å². The average Bonchev–Trinajstić information content (AvgIpc) is 2.60. The van der Waals surface area contributed by atoms with Crippen molar-refractivity contribution in [3.8, 4) is 0 Å². The van der Waals surface area contributed by atoms with E-state index in [9.17, 15) is 28.8 Å². The molecule has 0 aliphatic heterocycles. The maximum atomic E-state index is 12.1. The molecule has 0 aromatic rings. The maximum absolute atomic E-state index is 12.1. The number of rotatable bonds is 13. The normalized spacial score (nSPS) is 13.4. The molecule has 3 atom stereocenters. The van der Waals surface area contributed by atoms with E-state index in [0.29, 0.717) is 6.41 Å². The van der Waals surface area contributed by atoms with Crippen LogP contribution in [0.4, 0.5) is 0 Å². The van der Waals surface area contributed by atoms with Crippen LogP contribution < -0.4 is 27.0 Å². The minimum Gasteiger partial charge on any atom is -0.481 e. The van der Waals surface area contributed by atoms with E-state index in [-0.39, 0.29) is 18.8 Å². The minimum absolute atomic E-state index is 0.255. The van der Waals surface area contributed by atoms with Crippen molar-refractivity contribution in [2.24, 2.45) is 5.73 Å². The van der Waals surface area contributed by atoms with Gasteiger partial charge in [0.15, 0.2) is 0 Å². The molecule has 0 bridgehead atoms. The Morgan fingerprint density at radius 1 is 1.04 bits per heavy atom. The van der Waals surface area contributed by atoms with Crippen LogP contribution in [0.2, 0.25) is 0 Å². The standard InChI is InChI=1S/C13H21N5O8S/c14-6(2-16-9(20)3-15-5-19)11(23)17-7(1-10(21)22)12(24)18-8(4-27)13(25)26/h5-8,27H,1-4,14H2,(H,15,19)(H,16,20)(H,17,23)(H,18,24)(H,21,22)(H,25,26)/t6?,7?,8-/m0/s1. The minimum atomic E-state index is -1.59. The Kier molecular flexibility index (Phi) is 11.2. The van der Waals surface area contributed by atoms with Crippen molar-refractivity contribution in [2.75, 3.05) is 18.8 Å². The summed E-state index contributed by atoms with van der Waals surface area (Å²) in [6.45, 7) is -0.677. The van der Waals surface area contributed by atoms with Crippen LogP contribution in [0.1, 0.15) is 6.42 Å². The number of carboxylic acid groups (broad SMARTS) is 2. The molecule has 2 unspecified atom stereocenters. The van der Waals surface area contributed by atoms with Crippen molar-refractivity contribution in [3.05, 3.63) is 0 Å². The molecular weight excluding hydrogens is 386 g/mol. The molecule has 0 saturated heterocycles. The summed E-state index contributed by atoms with van der Waals surface area (Å²) in [6.07, 6.45) is -0.518. The second kappa shape index (κ2) is 12.5. The van der Waals surface area contributed by atoms with Gasteiger partial charge in [-0.1, -0.05) is 0 Å². The van der Waals surface area contributed by atoms with Gasteiger partial charge in [0.25, 0.3) is 0 Å². The topological polar surface area (TPSA) is 217 Å². The number of nitrogens with two attached hydrogens (primary N) is 1. The summed E-state index contributed by atoms with van der Waals surface area (Å²) in [5.41, 5.74) is 5.55. The van der Waals surface area contributed by atoms with Crippen molar-refractivity contribution in [2.45, 2.75) is 24.5 Å². The van der Waals surface area contributed by atoms with Gasteiger partial charge in [0.1, 0.15) is 18.1 Å². The highest BCUT2D eigenvalue weighted by atomic mass is 32.1. The Morgan fingerprint density at radius 3 is 2.11 bits per heavy atom. The molecule has 0 fully saturated rings. The third-order valence-electron chi connectivity index (χ3n) is 3.01. The van der Waals surface area contributed by atoms with Crippen LogP contribution in [0.5, 0.6) is 0 Å². The number of hydrogen-bond donors (Lipinski definition) is 8. The van der Waals surface area contributed by atoms with E-state index < -0.39 is 54.2 Å². The highest BCUT2D eigenvalue weighted by Crippen LogP contribution is 1.97. The lowest BCUT2D eigenvalue weighted by Gasteiger charge is -2.21. The van der Waals surface area contributed by atoms with Gasteiger partial charge in [0, 0.05) is 12.3 Å². The molecular formula is C13H21N5O8S. The predicted octanol–water partition coefficient (Wildman–Crippen LogP) is -4.37. The van der Waals surface area contributed by atoms with Crippen LogP contribution in [0.25, 0.3) is 0 Å². The van der Waals surface area contributed by atoms with Gasteiger partial charge < -0.3 is 37.2 Å². The van der Waals surface area contributed by atoms with Crippen LogP contribution >= 0.6 is 12.6 Å². The van der Waals surface area contributed by atoms with Crippen molar-refractivity contribution in [3.63, 3.8) is 0 Å². The molecule has 152 valence electrons. The molecule has 0 heterocycles. The molecule has 0 saturated carbocycles. The van der Waals surface area contributed by atoms with Crippen LogP contribution in [0.3, 0.4) is 0 Å². The van der Waals surface area contributed by atoms with Crippen molar-refractivity contribution >= 4 is 48.7 Å². The van der Waals surface area contributed by atoms with Crippen molar-refractivity contribution in [1.29, 1.82) is 0 Å². The van der Waals surface area contributed by atoms with Gasteiger partial charge in [-0.3, -0.25) is 24.0 Å². The smallest absolute Gasteiger partial charge is 0.327 e. The SMILES string of the molecule is NC(CNC(=O)CNC=O)C(=O)NC(CC(=O)O)C(=O)N[C@@H](CS)C(=O)O. The molecule has 8 N–H and O–H groups in total. The van der Waals surface area contributed by atoms with Crippen LogP contribution in [0.15, 0.2) is 0 Å². The second-order valence-corrected chi connectivity index (χ2v) is 5.52. The van der Waals surface area contributed by atoms with Crippen LogP contribution in [-0.2, 0) is 28.8 Å². The number of carbonyl (C=O) groups excluding carboxylic acids is 4. The molecule has 0 aromatic heterocycles. The Morgan fingerprint density at radius 2 is 1.63 bits per heavy atom. The molecule has 14 heteroatoms. The highest BCUT2D eigenvalue weighted by Gasteiger charge is 2.29.